The number of hydrogen-bond acceptors (Lipinski definition) is 4. The minimum absolute atomic E-state index is 0.534. The summed E-state index contributed by atoms with van der Waals surface area (Å²) in [6.07, 6.45) is 6.54. The van der Waals surface area contributed by atoms with E-state index in [2.05, 4.69) is 43.5 Å². The van der Waals surface area contributed by atoms with Crippen LogP contribution in [0.5, 0.6) is 0 Å². The highest BCUT2D eigenvalue weighted by Crippen LogP contribution is 2.29. The monoisotopic (exact) mass is 314 g/mol. The highest BCUT2D eigenvalue weighted by atomic mass is 127. The number of anilines is 1. The number of hydrogen-bond donors (Lipinski definition) is 0. The van der Waals surface area contributed by atoms with Gasteiger partial charge in [0.2, 0.25) is 5.95 Å². The average molecular weight is 314 g/mol. The summed E-state index contributed by atoms with van der Waals surface area (Å²) in [5.74, 6) is 0.758. The number of nitriles is 1. The van der Waals surface area contributed by atoms with Crippen LogP contribution in [0.1, 0.15) is 19.3 Å². The zero-order chi connectivity index (χ0) is 10.7. The van der Waals surface area contributed by atoms with Crippen LogP contribution in [0.3, 0.4) is 0 Å². The van der Waals surface area contributed by atoms with Crippen molar-refractivity contribution in [3.63, 3.8) is 0 Å². The SMILES string of the molecule is N#CCCN(c1ncc(I)cn1)C1CC1. The number of aromatic nitrogens is 2. The molecule has 78 valence electrons. The summed E-state index contributed by atoms with van der Waals surface area (Å²) in [6.45, 7) is 0.738. The van der Waals surface area contributed by atoms with Gasteiger partial charge in [-0.3, -0.25) is 0 Å². The van der Waals surface area contributed by atoms with Gasteiger partial charge in [0.25, 0.3) is 0 Å². The van der Waals surface area contributed by atoms with Gasteiger partial charge in [-0.2, -0.15) is 5.26 Å². The first-order valence-corrected chi connectivity index (χ1v) is 6.00. The van der Waals surface area contributed by atoms with Crippen molar-refractivity contribution in [2.75, 3.05) is 11.4 Å². The lowest BCUT2D eigenvalue weighted by molar-refractivity contribution is 0.759. The van der Waals surface area contributed by atoms with Crippen LogP contribution in [0, 0.1) is 14.9 Å². The first-order chi connectivity index (χ1) is 7.31. The molecule has 1 heterocycles. The molecule has 0 N–H and O–H groups in total. The normalized spacial score (nSPS) is 14.7. The van der Waals surface area contributed by atoms with E-state index in [0.717, 1.165) is 16.1 Å². The minimum atomic E-state index is 0.534. The first kappa shape index (κ1) is 10.6. The molecule has 1 saturated carbocycles. The Kier molecular flexibility index (Phi) is 3.36. The Balaban J connectivity index is 2.10. The average Bonchev–Trinajstić information content (AvgIpc) is 3.05. The summed E-state index contributed by atoms with van der Waals surface area (Å²) in [4.78, 5) is 10.7. The third kappa shape index (κ3) is 2.78. The maximum absolute atomic E-state index is 8.59. The fourth-order valence-corrected chi connectivity index (χ4v) is 1.73. The maximum Gasteiger partial charge on any atom is 0.225 e. The Bertz CT molecular complexity index is 366. The molecule has 0 spiro atoms. The zero-order valence-electron chi connectivity index (χ0n) is 8.23. The lowest BCUT2D eigenvalue weighted by atomic mass is 10.4. The summed E-state index contributed by atoms with van der Waals surface area (Å²) in [6, 6.07) is 2.72. The molecule has 15 heavy (non-hydrogen) atoms. The molecule has 1 fully saturated rings. The van der Waals surface area contributed by atoms with Crippen molar-refractivity contribution in [3.05, 3.63) is 16.0 Å². The smallest absolute Gasteiger partial charge is 0.225 e. The van der Waals surface area contributed by atoms with Crippen molar-refractivity contribution < 1.29 is 0 Å². The molecule has 0 amide bonds. The van der Waals surface area contributed by atoms with E-state index < -0.39 is 0 Å². The van der Waals surface area contributed by atoms with Crippen LogP contribution in [0.2, 0.25) is 0 Å². The van der Waals surface area contributed by atoms with E-state index in [4.69, 9.17) is 5.26 Å². The molecule has 0 atom stereocenters. The fourth-order valence-electron chi connectivity index (χ4n) is 1.46. The van der Waals surface area contributed by atoms with Gasteiger partial charge >= 0.3 is 0 Å². The minimum Gasteiger partial charge on any atom is -0.337 e. The van der Waals surface area contributed by atoms with Gasteiger partial charge in [-0.15, -0.1) is 0 Å². The van der Waals surface area contributed by atoms with E-state index in [1.54, 1.807) is 0 Å². The second-order valence-corrected chi connectivity index (χ2v) is 4.78. The van der Waals surface area contributed by atoms with Crippen LogP contribution in [0.4, 0.5) is 5.95 Å². The van der Waals surface area contributed by atoms with Gasteiger partial charge in [-0.25, -0.2) is 9.97 Å². The molecule has 5 heteroatoms. The fraction of sp³-hybridized carbons (Fsp3) is 0.500. The molecule has 1 aromatic rings. The molecule has 0 radical (unpaired) electrons. The quantitative estimate of drug-likeness (QED) is 0.797. The number of nitrogens with zero attached hydrogens (tertiary/aromatic N) is 4. The summed E-state index contributed by atoms with van der Waals surface area (Å²) in [7, 11) is 0. The molecule has 0 saturated heterocycles. The zero-order valence-corrected chi connectivity index (χ0v) is 10.4. The molecular weight excluding hydrogens is 303 g/mol. The Hall–Kier alpha value is -0.900. The molecular formula is C10H11IN4. The van der Waals surface area contributed by atoms with E-state index in [1.165, 1.54) is 12.8 Å². The Morgan fingerprint density at radius 3 is 2.67 bits per heavy atom. The predicted octanol–water partition coefficient (Wildman–Crippen LogP) is 1.96. The third-order valence-corrected chi connectivity index (χ3v) is 2.87. The van der Waals surface area contributed by atoms with E-state index in [0.29, 0.717) is 12.5 Å². The lowest BCUT2D eigenvalue weighted by Crippen LogP contribution is -2.28. The summed E-state index contributed by atoms with van der Waals surface area (Å²) in [5, 5.41) is 8.59. The molecule has 0 bridgehead atoms. The van der Waals surface area contributed by atoms with Crippen molar-refractivity contribution in [2.45, 2.75) is 25.3 Å². The molecule has 2 rings (SSSR count). The van der Waals surface area contributed by atoms with E-state index >= 15 is 0 Å². The summed E-state index contributed by atoms with van der Waals surface area (Å²) in [5.41, 5.74) is 0. The van der Waals surface area contributed by atoms with Crippen LogP contribution >= 0.6 is 22.6 Å². The van der Waals surface area contributed by atoms with Gasteiger partial charge in [0.1, 0.15) is 0 Å². The van der Waals surface area contributed by atoms with Gasteiger partial charge in [0.05, 0.1) is 12.5 Å². The van der Waals surface area contributed by atoms with Crippen LogP contribution in [-0.4, -0.2) is 22.6 Å². The van der Waals surface area contributed by atoms with Crippen molar-refractivity contribution in [1.82, 2.24) is 9.97 Å². The summed E-state index contributed by atoms with van der Waals surface area (Å²) < 4.78 is 1.03. The Labute approximate surface area is 102 Å². The second kappa shape index (κ2) is 4.75. The van der Waals surface area contributed by atoms with Crippen LogP contribution in [-0.2, 0) is 0 Å². The van der Waals surface area contributed by atoms with Crippen molar-refractivity contribution in [3.8, 4) is 6.07 Å². The van der Waals surface area contributed by atoms with Crippen LogP contribution < -0.4 is 4.90 Å². The standard InChI is InChI=1S/C10H11IN4/c11-8-6-13-10(14-7-8)15(5-1-4-12)9-2-3-9/h6-7,9H,1-3,5H2. The lowest BCUT2D eigenvalue weighted by Gasteiger charge is -2.20. The van der Waals surface area contributed by atoms with Crippen molar-refractivity contribution in [2.24, 2.45) is 0 Å². The Morgan fingerprint density at radius 2 is 2.13 bits per heavy atom. The highest BCUT2D eigenvalue weighted by Gasteiger charge is 2.30. The maximum atomic E-state index is 8.59. The molecule has 4 nitrogen and oxygen atoms in total. The second-order valence-electron chi connectivity index (χ2n) is 3.53. The van der Waals surface area contributed by atoms with Crippen molar-refractivity contribution in [1.29, 1.82) is 5.26 Å². The van der Waals surface area contributed by atoms with Crippen molar-refractivity contribution >= 4 is 28.5 Å². The topological polar surface area (TPSA) is 52.8 Å². The van der Waals surface area contributed by atoms with E-state index in [1.807, 2.05) is 12.4 Å². The van der Waals surface area contributed by atoms with Crippen LogP contribution in [0.15, 0.2) is 12.4 Å². The van der Waals surface area contributed by atoms with Gasteiger partial charge < -0.3 is 4.90 Å². The highest BCUT2D eigenvalue weighted by molar-refractivity contribution is 14.1. The Morgan fingerprint density at radius 1 is 1.47 bits per heavy atom. The molecule has 0 unspecified atom stereocenters. The van der Waals surface area contributed by atoms with E-state index in [-0.39, 0.29) is 0 Å². The van der Waals surface area contributed by atoms with Gasteiger partial charge in [0, 0.05) is 28.6 Å². The first-order valence-electron chi connectivity index (χ1n) is 4.92. The molecule has 1 aliphatic rings. The molecule has 0 aromatic carbocycles. The third-order valence-electron chi connectivity index (χ3n) is 2.32. The molecule has 1 aliphatic carbocycles. The number of halogens is 1. The largest absolute Gasteiger partial charge is 0.337 e. The number of rotatable bonds is 4. The van der Waals surface area contributed by atoms with Crippen LogP contribution in [0.25, 0.3) is 0 Å². The van der Waals surface area contributed by atoms with Gasteiger partial charge in [-0.05, 0) is 35.4 Å². The molecule has 0 aliphatic heterocycles. The predicted molar refractivity (Wildman–Crippen MR) is 65.3 cm³/mol. The van der Waals surface area contributed by atoms with E-state index in [9.17, 15) is 0 Å². The summed E-state index contributed by atoms with van der Waals surface area (Å²) >= 11 is 2.19. The van der Waals surface area contributed by atoms with Gasteiger partial charge in [-0.1, -0.05) is 0 Å². The molecule has 1 aromatic heterocycles. The van der Waals surface area contributed by atoms with Gasteiger partial charge in [0.15, 0.2) is 0 Å².